The van der Waals surface area contributed by atoms with Gasteiger partial charge in [-0.05, 0) is 29.6 Å². The monoisotopic (exact) mass is 280 g/mol. The van der Waals surface area contributed by atoms with Gasteiger partial charge in [-0.1, -0.05) is 6.07 Å². The summed E-state index contributed by atoms with van der Waals surface area (Å²) in [5.41, 5.74) is 2.64. The normalized spacial score (nSPS) is 10.4. The number of nitrogens with one attached hydrogen (secondary N) is 1. The smallest absolute Gasteiger partial charge is 0.265 e. The number of hydrogen-bond acceptors (Lipinski definition) is 4. The molecule has 0 atom stereocenters. The fourth-order valence-electron chi connectivity index (χ4n) is 1.57. The number of halogens is 1. The second-order valence-electron chi connectivity index (χ2n) is 3.85. The first-order chi connectivity index (χ1) is 9.20. The Balaban J connectivity index is 2.00. The fourth-order valence-corrected chi connectivity index (χ4v) is 2.21. The summed E-state index contributed by atoms with van der Waals surface area (Å²) >= 11 is 1.57. The molecule has 0 bridgehead atoms. The fraction of sp³-hybridized carbons (Fsp3) is 0.154. The number of hydrogen-bond donors (Lipinski definition) is 2. The Bertz CT molecular complexity index is 558. The van der Waals surface area contributed by atoms with Crippen LogP contribution in [0.2, 0.25) is 0 Å². The summed E-state index contributed by atoms with van der Waals surface area (Å²) in [7, 11) is 0. The van der Waals surface area contributed by atoms with E-state index in [0.717, 1.165) is 4.88 Å². The molecule has 4 nitrogen and oxygen atoms in total. The molecule has 0 radical (unpaired) electrons. The zero-order valence-corrected chi connectivity index (χ0v) is 10.9. The van der Waals surface area contributed by atoms with Gasteiger partial charge in [0.05, 0.1) is 13.2 Å². The lowest BCUT2D eigenvalue weighted by atomic mass is 10.1. The van der Waals surface area contributed by atoms with Crippen molar-refractivity contribution in [2.24, 2.45) is 5.84 Å². The van der Waals surface area contributed by atoms with Crippen molar-refractivity contribution in [3.63, 3.8) is 0 Å². The van der Waals surface area contributed by atoms with Gasteiger partial charge in [0.1, 0.15) is 5.82 Å². The predicted octanol–water partition coefficient (Wildman–Crippen LogP) is 2.21. The van der Waals surface area contributed by atoms with Gasteiger partial charge in [0, 0.05) is 16.0 Å². The summed E-state index contributed by atoms with van der Waals surface area (Å²) in [5.74, 6) is 4.17. The number of benzene rings is 1. The summed E-state index contributed by atoms with van der Waals surface area (Å²) in [6.07, 6.45) is 0. The van der Waals surface area contributed by atoms with Crippen LogP contribution in [-0.4, -0.2) is 5.91 Å². The van der Waals surface area contributed by atoms with E-state index >= 15 is 0 Å². The van der Waals surface area contributed by atoms with Crippen LogP contribution < -0.4 is 11.3 Å². The lowest BCUT2D eigenvalue weighted by Gasteiger charge is -2.07. The van der Waals surface area contributed by atoms with Gasteiger partial charge in [-0.15, -0.1) is 11.3 Å². The molecule has 0 saturated carbocycles. The van der Waals surface area contributed by atoms with Gasteiger partial charge in [-0.25, -0.2) is 10.2 Å². The third-order valence-corrected chi connectivity index (χ3v) is 3.37. The summed E-state index contributed by atoms with van der Waals surface area (Å²) in [5, 5.41) is 1.95. The van der Waals surface area contributed by atoms with Gasteiger partial charge in [0.25, 0.3) is 5.91 Å². The molecular weight excluding hydrogens is 267 g/mol. The standard InChI is InChI=1S/C13H13FN2O2S/c14-12-4-3-9(13(17)16-15)6-10(12)7-18-8-11-2-1-5-19-11/h1-6H,7-8,15H2,(H,16,17). The Hall–Kier alpha value is -1.76. The second kappa shape index (κ2) is 6.42. The minimum absolute atomic E-state index is 0.107. The van der Waals surface area contributed by atoms with E-state index in [1.807, 2.05) is 22.9 Å². The summed E-state index contributed by atoms with van der Waals surface area (Å²) < 4.78 is 19.0. The maximum absolute atomic E-state index is 13.6. The first-order valence-electron chi connectivity index (χ1n) is 5.60. The van der Waals surface area contributed by atoms with Gasteiger partial charge < -0.3 is 4.74 Å². The SMILES string of the molecule is NNC(=O)c1ccc(F)c(COCc2cccs2)c1. The van der Waals surface area contributed by atoms with Crippen molar-refractivity contribution in [2.45, 2.75) is 13.2 Å². The minimum atomic E-state index is -0.459. The topological polar surface area (TPSA) is 64.3 Å². The highest BCUT2D eigenvalue weighted by Crippen LogP contribution is 2.15. The molecular formula is C13H13FN2O2S. The quantitative estimate of drug-likeness (QED) is 0.501. The Kier molecular flexibility index (Phi) is 4.62. The molecule has 1 aromatic carbocycles. The van der Waals surface area contributed by atoms with Crippen molar-refractivity contribution in [3.8, 4) is 0 Å². The van der Waals surface area contributed by atoms with Gasteiger partial charge >= 0.3 is 0 Å². The predicted molar refractivity (Wildman–Crippen MR) is 70.9 cm³/mol. The zero-order valence-electron chi connectivity index (χ0n) is 10.1. The maximum Gasteiger partial charge on any atom is 0.265 e. The van der Waals surface area contributed by atoms with E-state index in [1.165, 1.54) is 18.2 Å². The van der Waals surface area contributed by atoms with Crippen molar-refractivity contribution in [1.82, 2.24) is 5.43 Å². The molecule has 0 unspecified atom stereocenters. The average Bonchev–Trinajstić information content (AvgIpc) is 2.93. The molecule has 3 N–H and O–H groups in total. The molecule has 0 spiro atoms. The maximum atomic E-state index is 13.6. The second-order valence-corrected chi connectivity index (χ2v) is 4.88. The van der Waals surface area contributed by atoms with Crippen LogP contribution in [0.5, 0.6) is 0 Å². The van der Waals surface area contributed by atoms with Crippen LogP contribution in [0, 0.1) is 5.82 Å². The third kappa shape index (κ3) is 3.60. The molecule has 0 aliphatic heterocycles. The molecule has 2 rings (SSSR count). The molecule has 2 aromatic rings. The van der Waals surface area contributed by atoms with Crippen LogP contribution >= 0.6 is 11.3 Å². The number of carbonyl (C=O) groups is 1. The van der Waals surface area contributed by atoms with Crippen molar-refractivity contribution >= 4 is 17.2 Å². The lowest BCUT2D eigenvalue weighted by molar-refractivity contribution is 0.0951. The summed E-state index contributed by atoms with van der Waals surface area (Å²) in [4.78, 5) is 12.4. The van der Waals surface area contributed by atoms with Crippen LogP contribution in [-0.2, 0) is 18.0 Å². The average molecular weight is 280 g/mol. The van der Waals surface area contributed by atoms with Crippen LogP contribution in [0.3, 0.4) is 0 Å². The molecule has 0 aliphatic carbocycles. The third-order valence-electron chi connectivity index (χ3n) is 2.52. The van der Waals surface area contributed by atoms with E-state index < -0.39 is 11.7 Å². The summed E-state index contributed by atoms with van der Waals surface area (Å²) in [6, 6.07) is 7.91. The van der Waals surface area contributed by atoms with Crippen LogP contribution in [0.25, 0.3) is 0 Å². The van der Waals surface area contributed by atoms with Crippen molar-refractivity contribution in [2.75, 3.05) is 0 Å². The molecule has 1 aromatic heterocycles. The summed E-state index contributed by atoms with van der Waals surface area (Å²) in [6.45, 7) is 0.528. The highest BCUT2D eigenvalue weighted by Gasteiger charge is 2.09. The van der Waals surface area contributed by atoms with Gasteiger partial charge in [0.15, 0.2) is 0 Å². The molecule has 19 heavy (non-hydrogen) atoms. The molecule has 6 heteroatoms. The number of amides is 1. The van der Waals surface area contributed by atoms with E-state index in [2.05, 4.69) is 0 Å². The largest absolute Gasteiger partial charge is 0.371 e. The van der Waals surface area contributed by atoms with Crippen molar-refractivity contribution in [1.29, 1.82) is 0 Å². The number of hydrazine groups is 1. The Labute approximate surface area is 114 Å². The molecule has 100 valence electrons. The molecule has 0 fully saturated rings. The van der Waals surface area contributed by atoms with E-state index in [-0.39, 0.29) is 6.61 Å². The van der Waals surface area contributed by atoms with Gasteiger partial charge in [0.2, 0.25) is 0 Å². The Morgan fingerprint density at radius 2 is 2.21 bits per heavy atom. The van der Waals surface area contributed by atoms with E-state index in [9.17, 15) is 9.18 Å². The molecule has 1 heterocycles. The van der Waals surface area contributed by atoms with Crippen LogP contribution in [0.1, 0.15) is 20.8 Å². The number of rotatable bonds is 5. The van der Waals surface area contributed by atoms with Gasteiger partial charge in [-0.2, -0.15) is 0 Å². The van der Waals surface area contributed by atoms with E-state index in [4.69, 9.17) is 10.6 Å². The highest BCUT2D eigenvalue weighted by atomic mass is 32.1. The number of nitrogen functional groups attached to an aromatic ring is 1. The molecule has 1 amide bonds. The number of thiophene rings is 1. The first kappa shape index (κ1) is 13.7. The van der Waals surface area contributed by atoms with Gasteiger partial charge in [-0.3, -0.25) is 10.2 Å². The molecule has 0 saturated heterocycles. The van der Waals surface area contributed by atoms with E-state index in [1.54, 1.807) is 11.3 Å². The number of ether oxygens (including phenoxy) is 1. The minimum Gasteiger partial charge on any atom is -0.371 e. The number of nitrogens with two attached hydrogens (primary N) is 1. The Morgan fingerprint density at radius 1 is 1.37 bits per heavy atom. The lowest BCUT2D eigenvalue weighted by Crippen LogP contribution is -2.30. The molecule has 0 aliphatic rings. The first-order valence-corrected chi connectivity index (χ1v) is 6.48. The Morgan fingerprint density at radius 3 is 2.89 bits per heavy atom. The van der Waals surface area contributed by atoms with Crippen molar-refractivity contribution in [3.05, 3.63) is 57.5 Å². The zero-order chi connectivity index (χ0) is 13.7. The number of carbonyl (C=O) groups excluding carboxylic acids is 1. The van der Waals surface area contributed by atoms with Crippen LogP contribution in [0.4, 0.5) is 4.39 Å². The van der Waals surface area contributed by atoms with E-state index in [0.29, 0.717) is 17.7 Å². The van der Waals surface area contributed by atoms with Crippen LogP contribution in [0.15, 0.2) is 35.7 Å². The highest BCUT2D eigenvalue weighted by molar-refractivity contribution is 7.09. The van der Waals surface area contributed by atoms with Crippen molar-refractivity contribution < 1.29 is 13.9 Å².